The zero-order valence-electron chi connectivity index (χ0n) is 9.69. The molecule has 1 aliphatic heterocycles. The Morgan fingerprint density at radius 3 is 3.12 bits per heavy atom. The van der Waals surface area contributed by atoms with Gasteiger partial charge in [0.05, 0.1) is 4.87 Å². The van der Waals surface area contributed by atoms with Gasteiger partial charge in [-0.15, -0.1) is 11.8 Å². The van der Waals surface area contributed by atoms with Crippen LogP contribution in [-0.4, -0.2) is 22.9 Å². The summed E-state index contributed by atoms with van der Waals surface area (Å²) in [6.45, 7) is 2.08. The number of benzene rings is 1. The molecule has 0 amide bonds. The summed E-state index contributed by atoms with van der Waals surface area (Å²) < 4.78 is 0. The molecule has 0 bridgehead atoms. The fraction of sp³-hybridized carbons (Fsp3) is 0.462. The average Bonchev–Trinajstić information content (AvgIpc) is 2.86. The Balaban J connectivity index is 1.98. The number of carboxylic acids is 1. The van der Waals surface area contributed by atoms with E-state index < -0.39 is 12.0 Å². The Bertz CT molecular complexity index is 488. The molecular weight excluding hydrogens is 234 g/mol. The van der Waals surface area contributed by atoms with Crippen molar-refractivity contribution in [2.24, 2.45) is 0 Å². The minimum absolute atomic E-state index is 0.148. The van der Waals surface area contributed by atoms with Crippen molar-refractivity contribution >= 4 is 17.7 Å². The van der Waals surface area contributed by atoms with Crippen LogP contribution in [0, 0.1) is 6.92 Å². The van der Waals surface area contributed by atoms with Crippen LogP contribution in [0.2, 0.25) is 0 Å². The predicted octanol–water partition coefficient (Wildman–Crippen LogP) is 1.88. The standard InChI is InChI=1S/C13H15NO2S/c1-8-2-3-9-4-5-13(10(9)6-8)14-11(7-17-13)12(15)16/h2-3,6,11,14H,4-5,7H2,1H3,(H,15,16)/t11-,13?/m0/s1. The number of thioether (sulfide) groups is 1. The van der Waals surface area contributed by atoms with E-state index in [1.807, 2.05) is 0 Å². The number of hydrogen-bond donors (Lipinski definition) is 2. The zero-order valence-corrected chi connectivity index (χ0v) is 10.5. The Hall–Kier alpha value is -1.00. The van der Waals surface area contributed by atoms with E-state index in [0.717, 1.165) is 12.8 Å². The van der Waals surface area contributed by atoms with Crippen LogP contribution in [-0.2, 0) is 16.1 Å². The molecule has 1 saturated heterocycles. The van der Waals surface area contributed by atoms with Gasteiger partial charge in [-0.1, -0.05) is 23.8 Å². The number of aryl methyl sites for hydroxylation is 2. The molecule has 3 nitrogen and oxygen atoms in total. The number of nitrogens with one attached hydrogen (secondary N) is 1. The summed E-state index contributed by atoms with van der Waals surface area (Å²) in [7, 11) is 0. The van der Waals surface area contributed by atoms with Crippen LogP contribution in [0.15, 0.2) is 18.2 Å². The fourth-order valence-electron chi connectivity index (χ4n) is 2.75. The Morgan fingerprint density at radius 2 is 2.41 bits per heavy atom. The number of aliphatic carboxylic acids is 1. The lowest BCUT2D eigenvalue weighted by atomic mass is 10.0. The van der Waals surface area contributed by atoms with Gasteiger partial charge in [0.1, 0.15) is 6.04 Å². The zero-order chi connectivity index (χ0) is 12.0. The maximum atomic E-state index is 11.0. The number of fused-ring (bicyclic) bond motifs is 2. The minimum Gasteiger partial charge on any atom is -0.480 e. The first kappa shape index (κ1) is 11.1. The maximum absolute atomic E-state index is 11.0. The highest BCUT2D eigenvalue weighted by atomic mass is 32.2. The first-order valence-electron chi connectivity index (χ1n) is 5.85. The van der Waals surface area contributed by atoms with Crippen molar-refractivity contribution < 1.29 is 9.90 Å². The number of carboxylic acid groups (broad SMARTS) is 1. The monoisotopic (exact) mass is 249 g/mol. The first-order chi connectivity index (χ1) is 8.11. The minimum atomic E-state index is -0.740. The molecule has 4 heteroatoms. The van der Waals surface area contributed by atoms with Gasteiger partial charge in [-0.2, -0.15) is 0 Å². The summed E-state index contributed by atoms with van der Waals surface area (Å²) in [4.78, 5) is 10.9. The summed E-state index contributed by atoms with van der Waals surface area (Å²) in [6.07, 6.45) is 2.04. The van der Waals surface area contributed by atoms with Crippen molar-refractivity contribution in [2.75, 3.05) is 5.75 Å². The summed E-state index contributed by atoms with van der Waals surface area (Å²) in [5.41, 5.74) is 3.90. The second-order valence-electron chi connectivity index (χ2n) is 4.83. The summed E-state index contributed by atoms with van der Waals surface area (Å²) in [5.74, 6) is -0.0848. The van der Waals surface area contributed by atoms with Gasteiger partial charge in [-0.3, -0.25) is 10.1 Å². The smallest absolute Gasteiger partial charge is 0.321 e. The molecule has 90 valence electrons. The van der Waals surface area contributed by atoms with E-state index in [4.69, 9.17) is 5.11 Å². The van der Waals surface area contributed by atoms with Crippen molar-refractivity contribution in [3.8, 4) is 0 Å². The van der Waals surface area contributed by atoms with Gasteiger partial charge in [-0.05, 0) is 30.9 Å². The lowest BCUT2D eigenvalue weighted by Gasteiger charge is -2.25. The third-order valence-electron chi connectivity index (χ3n) is 3.65. The fourth-order valence-corrected chi connectivity index (χ4v) is 4.25. The molecule has 3 rings (SSSR count). The quantitative estimate of drug-likeness (QED) is 0.798. The van der Waals surface area contributed by atoms with E-state index in [-0.39, 0.29) is 4.87 Å². The number of hydrogen-bond acceptors (Lipinski definition) is 3. The van der Waals surface area contributed by atoms with Gasteiger partial charge in [0.2, 0.25) is 0 Å². The van der Waals surface area contributed by atoms with E-state index in [0.29, 0.717) is 5.75 Å². The molecule has 1 aliphatic carbocycles. The molecule has 0 radical (unpaired) electrons. The molecule has 1 fully saturated rings. The average molecular weight is 249 g/mol. The largest absolute Gasteiger partial charge is 0.480 e. The van der Waals surface area contributed by atoms with Crippen molar-refractivity contribution in [1.29, 1.82) is 0 Å². The van der Waals surface area contributed by atoms with Crippen molar-refractivity contribution in [1.82, 2.24) is 5.32 Å². The van der Waals surface area contributed by atoms with Crippen molar-refractivity contribution in [2.45, 2.75) is 30.7 Å². The third kappa shape index (κ3) is 1.67. The van der Waals surface area contributed by atoms with Crippen LogP contribution < -0.4 is 5.32 Å². The molecule has 2 N–H and O–H groups in total. The number of carbonyl (C=O) groups is 1. The normalized spacial score (nSPS) is 30.8. The molecule has 0 aromatic heterocycles. The Kier molecular flexibility index (Phi) is 2.45. The molecule has 1 spiro atoms. The third-order valence-corrected chi connectivity index (χ3v) is 5.18. The molecule has 17 heavy (non-hydrogen) atoms. The SMILES string of the molecule is Cc1ccc2c(c1)C1(CC2)N[C@H](C(=O)O)CS1. The van der Waals surface area contributed by atoms with E-state index in [1.54, 1.807) is 11.8 Å². The topological polar surface area (TPSA) is 49.3 Å². The van der Waals surface area contributed by atoms with Gasteiger partial charge in [0.15, 0.2) is 0 Å². The van der Waals surface area contributed by atoms with Gasteiger partial charge in [0, 0.05) is 5.75 Å². The van der Waals surface area contributed by atoms with Gasteiger partial charge >= 0.3 is 5.97 Å². The molecule has 2 atom stereocenters. The van der Waals surface area contributed by atoms with Crippen molar-refractivity contribution in [3.63, 3.8) is 0 Å². The highest BCUT2D eigenvalue weighted by molar-refractivity contribution is 8.00. The van der Waals surface area contributed by atoms with Gasteiger partial charge < -0.3 is 5.11 Å². The van der Waals surface area contributed by atoms with E-state index in [2.05, 4.69) is 30.4 Å². The molecule has 0 saturated carbocycles. The second kappa shape index (κ2) is 3.75. The Labute approximate surface area is 105 Å². The van der Waals surface area contributed by atoms with E-state index in [9.17, 15) is 4.79 Å². The van der Waals surface area contributed by atoms with Crippen LogP contribution >= 0.6 is 11.8 Å². The predicted molar refractivity (Wildman–Crippen MR) is 68.2 cm³/mol. The van der Waals surface area contributed by atoms with Crippen LogP contribution in [0.5, 0.6) is 0 Å². The first-order valence-corrected chi connectivity index (χ1v) is 6.84. The highest BCUT2D eigenvalue weighted by Gasteiger charge is 2.46. The summed E-state index contributed by atoms with van der Waals surface area (Å²) in [5, 5.41) is 12.4. The van der Waals surface area contributed by atoms with E-state index in [1.165, 1.54) is 16.7 Å². The number of rotatable bonds is 1. The van der Waals surface area contributed by atoms with Crippen molar-refractivity contribution in [3.05, 3.63) is 34.9 Å². The lowest BCUT2D eigenvalue weighted by Crippen LogP contribution is -2.42. The van der Waals surface area contributed by atoms with Crippen LogP contribution in [0.3, 0.4) is 0 Å². The van der Waals surface area contributed by atoms with Crippen LogP contribution in [0.1, 0.15) is 23.1 Å². The molecule has 1 aromatic carbocycles. The van der Waals surface area contributed by atoms with Crippen LogP contribution in [0.4, 0.5) is 0 Å². The summed E-state index contributed by atoms with van der Waals surface area (Å²) >= 11 is 1.75. The molecule has 1 unspecified atom stereocenters. The molecule has 2 aliphatic rings. The van der Waals surface area contributed by atoms with E-state index >= 15 is 0 Å². The highest BCUT2D eigenvalue weighted by Crippen LogP contribution is 2.49. The van der Waals surface area contributed by atoms with Crippen LogP contribution in [0.25, 0.3) is 0 Å². The van der Waals surface area contributed by atoms with Gasteiger partial charge in [-0.25, -0.2) is 0 Å². The second-order valence-corrected chi connectivity index (χ2v) is 6.15. The summed E-state index contributed by atoms with van der Waals surface area (Å²) in [6, 6.07) is 6.10. The maximum Gasteiger partial charge on any atom is 0.321 e. The Morgan fingerprint density at radius 1 is 1.59 bits per heavy atom. The molecular formula is C13H15NO2S. The molecule has 1 heterocycles. The molecule has 1 aromatic rings. The lowest BCUT2D eigenvalue weighted by molar-refractivity contribution is -0.138. The van der Waals surface area contributed by atoms with Gasteiger partial charge in [0.25, 0.3) is 0 Å².